The number of aromatic amines is 1. The van der Waals surface area contributed by atoms with E-state index in [1.54, 1.807) is 24.7 Å². The molecule has 1 aliphatic rings. The predicted octanol–water partition coefficient (Wildman–Crippen LogP) is 6.52. The zero-order valence-electron chi connectivity index (χ0n) is 16.5. The molecule has 0 fully saturated rings. The number of aromatic nitrogens is 1. The SMILES string of the molecule is COc1ccc2sc(=S)[nH]c2c1CCCCOc1c2c(cc3occc13)OCC=C2. The van der Waals surface area contributed by atoms with Crippen molar-refractivity contribution in [1.29, 1.82) is 0 Å². The molecule has 2 aromatic heterocycles. The second-order valence-electron chi connectivity index (χ2n) is 7.10. The van der Waals surface area contributed by atoms with Gasteiger partial charge >= 0.3 is 0 Å². The van der Waals surface area contributed by atoms with Gasteiger partial charge in [0.2, 0.25) is 0 Å². The van der Waals surface area contributed by atoms with Crippen molar-refractivity contribution in [1.82, 2.24) is 4.98 Å². The molecule has 154 valence electrons. The summed E-state index contributed by atoms with van der Waals surface area (Å²) in [6.07, 6.45) is 8.52. The zero-order chi connectivity index (χ0) is 20.5. The number of methoxy groups -OCH3 is 1. The van der Waals surface area contributed by atoms with Gasteiger partial charge < -0.3 is 23.6 Å². The Morgan fingerprint density at radius 3 is 3.07 bits per heavy atom. The Morgan fingerprint density at radius 2 is 2.17 bits per heavy atom. The lowest BCUT2D eigenvalue weighted by Gasteiger charge is -2.17. The summed E-state index contributed by atoms with van der Waals surface area (Å²) in [6.45, 7) is 1.18. The van der Waals surface area contributed by atoms with Crippen LogP contribution in [0, 0.1) is 3.95 Å². The van der Waals surface area contributed by atoms with Crippen LogP contribution in [-0.2, 0) is 6.42 Å². The van der Waals surface area contributed by atoms with Gasteiger partial charge in [-0.1, -0.05) is 0 Å². The van der Waals surface area contributed by atoms with Crippen molar-refractivity contribution < 1.29 is 18.6 Å². The van der Waals surface area contributed by atoms with Crippen molar-refractivity contribution in [2.24, 2.45) is 0 Å². The second kappa shape index (κ2) is 8.16. The third kappa shape index (κ3) is 3.48. The predicted molar refractivity (Wildman–Crippen MR) is 123 cm³/mol. The van der Waals surface area contributed by atoms with Crippen LogP contribution >= 0.6 is 23.6 Å². The van der Waals surface area contributed by atoms with Gasteiger partial charge in [0.15, 0.2) is 3.95 Å². The third-order valence-electron chi connectivity index (χ3n) is 5.28. The highest BCUT2D eigenvalue weighted by Gasteiger charge is 2.18. The minimum Gasteiger partial charge on any atom is -0.496 e. The molecule has 0 saturated heterocycles. The van der Waals surface area contributed by atoms with Crippen LogP contribution in [0.3, 0.4) is 0 Å². The largest absolute Gasteiger partial charge is 0.496 e. The second-order valence-corrected chi connectivity index (χ2v) is 8.82. The van der Waals surface area contributed by atoms with Crippen LogP contribution in [0.25, 0.3) is 27.3 Å². The fraction of sp³-hybridized carbons (Fsp3) is 0.261. The quantitative estimate of drug-likeness (QED) is 0.262. The summed E-state index contributed by atoms with van der Waals surface area (Å²) in [5.74, 6) is 2.53. The number of H-pyrrole nitrogens is 1. The summed E-state index contributed by atoms with van der Waals surface area (Å²) in [6, 6.07) is 7.95. The molecule has 3 heterocycles. The molecule has 30 heavy (non-hydrogen) atoms. The summed E-state index contributed by atoms with van der Waals surface area (Å²) in [7, 11) is 1.71. The highest BCUT2D eigenvalue weighted by Crippen LogP contribution is 2.40. The molecule has 1 aliphatic heterocycles. The molecule has 0 saturated carbocycles. The molecule has 0 atom stereocenters. The van der Waals surface area contributed by atoms with Gasteiger partial charge in [-0.25, -0.2) is 0 Å². The van der Waals surface area contributed by atoms with Crippen LogP contribution in [-0.4, -0.2) is 25.3 Å². The van der Waals surface area contributed by atoms with Gasteiger partial charge in [0.1, 0.15) is 29.4 Å². The molecular formula is C23H21NO4S2. The lowest BCUT2D eigenvalue weighted by Crippen LogP contribution is -2.05. The van der Waals surface area contributed by atoms with E-state index in [4.69, 9.17) is 30.8 Å². The lowest BCUT2D eigenvalue weighted by atomic mass is 10.1. The number of ether oxygens (including phenoxy) is 3. The first-order valence-corrected chi connectivity index (χ1v) is 11.1. The van der Waals surface area contributed by atoms with Gasteiger partial charge in [0.25, 0.3) is 0 Å². The van der Waals surface area contributed by atoms with Crippen molar-refractivity contribution in [3.8, 4) is 17.2 Å². The molecule has 0 radical (unpaired) electrons. The Kier molecular flexibility index (Phi) is 5.23. The Hall–Kier alpha value is -2.77. The highest BCUT2D eigenvalue weighted by molar-refractivity contribution is 7.73. The Morgan fingerprint density at radius 1 is 1.23 bits per heavy atom. The molecular weight excluding hydrogens is 418 g/mol. The fourth-order valence-corrected chi connectivity index (χ4v) is 5.02. The van der Waals surface area contributed by atoms with E-state index in [0.717, 1.165) is 67.2 Å². The zero-order valence-corrected chi connectivity index (χ0v) is 18.2. The summed E-state index contributed by atoms with van der Waals surface area (Å²) in [4.78, 5) is 3.31. The first kappa shape index (κ1) is 19.2. The first-order chi connectivity index (χ1) is 14.7. The van der Waals surface area contributed by atoms with Gasteiger partial charge in [-0.2, -0.15) is 0 Å². The molecule has 0 spiro atoms. The number of nitrogens with one attached hydrogen (secondary N) is 1. The molecule has 0 bridgehead atoms. The molecule has 0 amide bonds. The number of hydrogen-bond acceptors (Lipinski definition) is 6. The topological polar surface area (TPSA) is 56.6 Å². The number of benzene rings is 2. The molecule has 5 rings (SSSR count). The standard InChI is InChI=1S/C23H21NO4S2/c1-25-17-7-8-20-21(24-23(29)30-20)14(17)5-2-3-10-28-22-15-6-4-11-26-18(15)13-19-16(22)9-12-27-19/h4,6-9,12-13H,2-3,5,10-11H2,1H3,(H,24,29). The van der Waals surface area contributed by atoms with Crippen molar-refractivity contribution >= 4 is 50.8 Å². The number of furan rings is 1. The molecule has 7 heteroatoms. The lowest BCUT2D eigenvalue weighted by molar-refractivity contribution is 0.303. The average Bonchev–Trinajstić information content (AvgIpc) is 3.38. The van der Waals surface area contributed by atoms with Crippen LogP contribution in [0.4, 0.5) is 0 Å². The van der Waals surface area contributed by atoms with Crippen molar-refractivity contribution in [3.63, 3.8) is 0 Å². The smallest absolute Gasteiger partial charge is 0.159 e. The minimum atomic E-state index is 0.567. The number of hydrogen-bond donors (Lipinski definition) is 1. The van der Waals surface area contributed by atoms with Gasteiger partial charge in [-0.3, -0.25) is 0 Å². The van der Waals surface area contributed by atoms with E-state index in [1.165, 1.54) is 5.56 Å². The Bertz CT molecular complexity index is 1300. The van der Waals surface area contributed by atoms with Crippen LogP contribution in [0.1, 0.15) is 24.0 Å². The Balaban J connectivity index is 1.29. The van der Waals surface area contributed by atoms with Gasteiger partial charge in [-0.15, -0.1) is 11.3 Å². The molecule has 0 unspecified atom stereocenters. The fourth-order valence-electron chi connectivity index (χ4n) is 3.89. The summed E-state index contributed by atoms with van der Waals surface area (Å²) in [5, 5.41) is 0.973. The summed E-state index contributed by atoms with van der Waals surface area (Å²) in [5.41, 5.74) is 4.02. The van der Waals surface area contributed by atoms with E-state index in [2.05, 4.69) is 17.1 Å². The molecule has 5 nitrogen and oxygen atoms in total. The van der Waals surface area contributed by atoms with Crippen LogP contribution in [0.2, 0.25) is 0 Å². The summed E-state index contributed by atoms with van der Waals surface area (Å²) < 4.78 is 25.1. The van der Waals surface area contributed by atoms with E-state index in [9.17, 15) is 0 Å². The maximum Gasteiger partial charge on any atom is 0.159 e. The number of rotatable bonds is 7. The van der Waals surface area contributed by atoms with E-state index < -0.39 is 0 Å². The maximum absolute atomic E-state index is 6.22. The monoisotopic (exact) mass is 439 g/mol. The minimum absolute atomic E-state index is 0.567. The van der Waals surface area contributed by atoms with E-state index in [1.807, 2.05) is 24.3 Å². The highest BCUT2D eigenvalue weighted by atomic mass is 32.1. The number of thiazole rings is 1. The van der Waals surface area contributed by atoms with Crippen molar-refractivity contribution in [3.05, 3.63) is 51.7 Å². The van der Waals surface area contributed by atoms with Gasteiger partial charge in [-0.05, 0) is 61.8 Å². The normalized spacial score (nSPS) is 12.8. The van der Waals surface area contributed by atoms with E-state index in [-0.39, 0.29) is 0 Å². The summed E-state index contributed by atoms with van der Waals surface area (Å²) >= 11 is 6.91. The maximum atomic E-state index is 6.22. The Labute approximate surface area is 182 Å². The van der Waals surface area contributed by atoms with Crippen LogP contribution in [0.5, 0.6) is 17.2 Å². The van der Waals surface area contributed by atoms with Crippen molar-refractivity contribution in [2.75, 3.05) is 20.3 Å². The van der Waals surface area contributed by atoms with Gasteiger partial charge in [0.05, 0.1) is 41.1 Å². The third-order valence-corrected chi connectivity index (χ3v) is 6.48. The molecule has 2 aromatic carbocycles. The molecule has 1 N–H and O–H groups in total. The molecule has 0 aliphatic carbocycles. The first-order valence-electron chi connectivity index (χ1n) is 9.89. The molecule has 4 aromatic rings. The average molecular weight is 440 g/mol. The number of fused-ring (bicyclic) bond motifs is 3. The number of aryl methyl sites for hydroxylation is 1. The number of unbranched alkanes of at least 4 members (excludes halogenated alkanes) is 1. The van der Waals surface area contributed by atoms with Crippen LogP contribution < -0.4 is 14.2 Å². The van der Waals surface area contributed by atoms with Crippen LogP contribution in [0.15, 0.2) is 41.0 Å². The van der Waals surface area contributed by atoms with E-state index in [0.29, 0.717) is 13.2 Å². The van der Waals surface area contributed by atoms with E-state index >= 15 is 0 Å². The van der Waals surface area contributed by atoms with Gasteiger partial charge in [0, 0.05) is 11.6 Å². The van der Waals surface area contributed by atoms with Crippen molar-refractivity contribution in [2.45, 2.75) is 19.3 Å².